The van der Waals surface area contributed by atoms with Gasteiger partial charge in [0.15, 0.2) is 0 Å². The molecule has 0 radical (unpaired) electrons. The van der Waals surface area contributed by atoms with E-state index in [1.807, 2.05) is 0 Å². The van der Waals surface area contributed by atoms with Gasteiger partial charge in [-0.2, -0.15) is 0 Å². The van der Waals surface area contributed by atoms with Gasteiger partial charge >= 0.3 is 0 Å². The third kappa shape index (κ3) is 4.35. The molecule has 0 spiro atoms. The summed E-state index contributed by atoms with van der Waals surface area (Å²) >= 11 is 6.02. The van der Waals surface area contributed by atoms with Gasteiger partial charge in [0.25, 0.3) is 11.8 Å². The molecule has 2 amide bonds. The molecule has 0 bridgehead atoms. The van der Waals surface area contributed by atoms with Gasteiger partial charge in [0.05, 0.1) is 16.3 Å². The Kier molecular flexibility index (Phi) is 5.74. The second-order valence-electron chi connectivity index (χ2n) is 6.68. The fourth-order valence-electron chi connectivity index (χ4n) is 2.51. The van der Waals surface area contributed by atoms with Gasteiger partial charge in [0.1, 0.15) is 4.90 Å². The Labute approximate surface area is 168 Å². The molecule has 28 heavy (non-hydrogen) atoms. The molecule has 0 saturated heterocycles. The highest BCUT2D eigenvalue weighted by Crippen LogP contribution is 2.26. The molecule has 0 aromatic heterocycles. The Morgan fingerprint density at radius 3 is 2.39 bits per heavy atom. The van der Waals surface area contributed by atoms with Crippen molar-refractivity contribution in [1.29, 1.82) is 0 Å². The number of amides is 2. The van der Waals surface area contributed by atoms with Crippen LogP contribution >= 0.6 is 11.6 Å². The summed E-state index contributed by atoms with van der Waals surface area (Å²) in [5, 5.41) is 5.58. The number of benzene rings is 2. The van der Waals surface area contributed by atoms with Crippen molar-refractivity contribution in [1.82, 2.24) is 9.62 Å². The first-order valence-corrected chi connectivity index (χ1v) is 10.5. The van der Waals surface area contributed by atoms with Gasteiger partial charge in [0.2, 0.25) is 10.0 Å². The lowest BCUT2D eigenvalue weighted by Gasteiger charge is -2.14. The van der Waals surface area contributed by atoms with E-state index in [4.69, 9.17) is 11.6 Å². The number of anilines is 1. The van der Waals surface area contributed by atoms with E-state index >= 15 is 0 Å². The Bertz CT molecular complexity index is 1030. The van der Waals surface area contributed by atoms with Crippen molar-refractivity contribution in [2.24, 2.45) is 0 Å². The van der Waals surface area contributed by atoms with Crippen LogP contribution < -0.4 is 10.6 Å². The Morgan fingerprint density at radius 1 is 1.07 bits per heavy atom. The molecule has 0 atom stereocenters. The van der Waals surface area contributed by atoms with Crippen LogP contribution in [-0.4, -0.2) is 44.7 Å². The highest BCUT2D eigenvalue weighted by atomic mass is 35.5. The lowest BCUT2D eigenvalue weighted by atomic mass is 10.1. The van der Waals surface area contributed by atoms with E-state index in [1.54, 1.807) is 24.3 Å². The van der Waals surface area contributed by atoms with E-state index in [9.17, 15) is 18.0 Å². The van der Waals surface area contributed by atoms with Crippen molar-refractivity contribution in [3.63, 3.8) is 0 Å². The van der Waals surface area contributed by atoms with Crippen LogP contribution in [0.4, 0.5) is 5.69 Å². The molecule has 3 rings (SSSR count). The molecular weight excluding hydrogens is 402 g/mol. The number of sulfonamides is 1. The topological polar surface area (TPSA) is 95.6 Å². The van der Waals surface area contributed by atoms with Gasteiger partial charge in [-0.05, 0) is 43.2 Å². The first-order chi connectivity index (χ1) is 13.2. The second-order valence-corrected chi connectivity index (χ2v) is 9.21. The summed E-state index contributed by atoms with van der Waals surface area (Å²) in [6.45, 7) is 0. The smallest absolute Gasteiger partial charge is 0.255 e. The van der Waals surface area contributed by atoms with Crippen LogP contribution in [0.3, 0.4) is 0 Å². The zero-order valence-electron chi connectivity index (χ0n) is 15.4. The number of nitrogens with zero attached hydrogens (tertiary/aromatic N) is 1. The van der Waals surface area contributed by atoms with Crippen LogP contribution in [-0.2, 0) is 10.0 Å². The fourth-order valence-corrected chi connectivity index (χ4v) is 3.91. The van der Waals surface area contributed by atoms with Crippen molar-refractivity contribution >= 4 is 39.1 Å². The monoisotopic (exact) mass is 421 g/mol. The van der Waals surface area contributed by atoms with Gasteiger partial charge in [-0.25, -0.2) is 12.7 Å². The maximum atomic E-state index is 12.7. The van der Waals surface area contributed by atoms with Crippen molar-refractivity contribution in [3.05, 3.63) is 58.6 Å². The summed E-state index contributed by atoms with van der Waals surface area (Å²) in [6.07, 6.45) is 1.91. The predicted octanol–water partition coefficient (Wildman–Crippen LogP) is 2.73. The minimum atomic E-state index is -3.81. The van der Waals surface area contributed by atoms with E-state index < -0.39 is 15.9 Å². The van der Waals surface area contributed by atoms with Crippen LogP contribution in [0.25, 0.3) is 0 Å². The third-order valence-electron chi connectivity index (χ3n) is 4.28. The van der Waals surface area contributed by atoms with Crippen molar-refractivity contribution in [3.8, 4) is 0 Å². The van der Waals surface area contributed by atoms with Gasteiger partial charge < -0.3 is 10.6 Å². The van der Waals surface area contributed by atoms with Gasteiger partial charge in [-0.15, -0.1) is 0 Å². The average molecular weight is 422 g/mol. The second kappa shape index (κ2) is 7.90. The van der Waals surface area contributed by atoms with E-state index in [2.05, 4.69) is 10.6 Å². The first kappa shape index (κ1) is 20.3. The van der Waals surface area contributed by atoms with Gasteiger partial charge in [0, 0.05) is 25.7 Å². The van der Waals surface area contributed by atoms with Crippen molar-refractivity contribution < 1.29 is 18.0 Å². The van der Waals surface area contributed by atoms with E-state index in [-0.39, 0.29) is 27.4 Å². The number of hydrogen-bond acceptors (Lipinski definition) is 4. The molecule has 0 aliphatic heterocycles. The van der Waals surface area contributed by atoms with Crippen LogP contribution in [0.5, 0.6) is 0 Å². The number of halogens is 1. The quantitative estimate of drug-likeness (QED) is 0.749. The number of rotatable bonds is 6. The Morgan fingerprint density at radius 2 is 1.75 bits per heavy atom. The fraction of sp³-hybridized carbons (Fsp3) is 0.263. The molecule has 9 heteroatoms. The summed E-state index contributed by atoms with van der Waals surface area (Å²) < 4.78 is 25.8. The predicted molar refractivity (Wildman–Crippen MR) is 107 cm³/mol. The van der Waals surface area contributed by atoms with Crippen LogP contribution in [0.2, 0.25) is 5.02 Å². The van der Waals surface area contributed by atoms with E-state index in [0.29, 0.717) is 11.3 Å². The lowest BCUT2D eigenvalue weighted by molar-refractivity contribution is 0.0952. The van der Waals surface area contributed by atoms with Crippen LogP contribution in [0.1, 0.15) is 33.6 Å². The molecule has 1 aliphatic carbocycles. The normalized spacial score (nSPS) is 14.0. The Hall–Kier alpha value is -2.42. The number of carbonyl (C=O) groups excluding carboxylic acids is 2. The van der Waals surface area contributed by atoms with Crippen molar-refractivity contribution in [2.75, 3.05) is 19.4 Å². The molecule has 1 aliphatic rings. The number of carbonyl (C=O) groups is 2. The summed E-state index contributed by atoms with van der Waals surface area (Å²) in [5.41, 5.74) is 0.803. The summed E-state index contributed by atoms with van der Waals surface area (Å²) in [5.74, 6) is -0.802. The molecular formula is C19H20ClN3O4S. The number of para-hydroxylation sites is 1. The molecule has 148 valence electrons. The largest absolute Gasteiger partial charge is 0.349 e. The molecule has 1 saturated carbocycles. The van der Waals surface area contributed by atoms with Crippen LogP contribution in [0, 0.1) is 0 Å². The highest BCUT2D eigenvalue weighted by molar-refractivity contribution is 7.89. The standard InChI is InChI=1S/C19H20ClN3O4S/c1-23(2)28(26,27)17-11-12(7-10-15(17)20)18(24)22-16-6-4-3-5-14(16)19(25)21-13-8-9-13/h3-7,10-11,13H,8-9H2,1-2H3,(H,21,25)(H,22,24). The highest BCUT2D eigenvalue weighted by Gasteiger charge is 2.26. The maximum absolute atomic E-state index is 12.7. The molecule has 0 heterocycles. The number of nitrogens with one attached hydrogen (secondary N) is 2. The Balaban J connectivity index is 1.87. The van der Waals surface area contributed by atoms with E-state index in [1.165, 1.54) is 32.3 Å². The van der Waals surface area contributed by atoms with Gasteiger partial charge in [-0.1, -0.05) is 23.7 Å². The summed E-state index contributed by atoms with van der Waals surface area (Å²) in [6, 6.07) is 10.8. The van der Waals surface area contributed by atoms with Crippen molar-refractivity contribution in [2.45, 2.75) is 23.8 Å². The molecule has 2 aromatic carbocycles. The number of hydrogen-bond donors (Lipinski definition) is 2. The molecule has 2 N–H and O–H groups in total. The first-order valence-electron chi connectivity index (χ1n) is 8.63. The summed E-state index contributed by atoms with van der Waals surface area (Å²) in [7, 11) is -1.04. The minimum Gasteiger partial charge on any atom is -0.349 e. The van der Waals surface area contributed by atoms with E-state index in [0.717, 1.165) is 17.1 Å². The molecule has 0 unspecified atom stereocenters. The summed E-state index contributed by atoms with van der Waals surface area (Å²) in [4.78, 5) is 24.9. The van der Waals surface area contributed by atoms with Crippen LogP contribution in [0.15, 0.2) is 47.4 Å². The van der Waals surface area contributed by atoms with Gasteiger partial charge in [-0.3, -0.25) is 9.59 Å². The molecule has 2 aromatic rings. The average Bonchev–Trinajstić information content (AvgIpc) is 3.46. The zero-order chi connectivity index (χ0) is 20.5. The maximum Gasteiger partial charge on any atom is 0.255 e. The third-order valence-corrected chi connectivity index (χ3v) is 6.58. The zero-order valence-corrected chi connectivity index (χ0v) is 17.0. The lowest BCUT2D eigenvalue weighted by Crippen LogP contribution is -2.27. The SMILES string of the molecule is CN(C)S(=O)(=O)c1cc(C(=O)Nc2ccccc2C(=O)NC2CC2)ccc1Cl. The molecule has 7 nitrogen and oxygen atoms in total. The minimum absolute atomic E-state index is 0.0226. The molecule has 1 fully saturated rings.